The van der Waals surface area contributed by atoms with Crippen molar-refractivity contribution >= 4 is 11.7 Å². The van der Waals surface area contributed by atoms with E-state index >= 15 is 0 Å². The molecule has 2 aromatic rings. The highest BCUT2D eigenvalue weighted by Gasteiger charge is 2.27. The Morgan fingerprint density at radius 2 is 2.12 bits per heavy atom. The van der Waals surface area contributed by atoms with Gasteiger partial charge in [-0.15, -0.1) is 0 Å². The zero-order valence-electron chi connectivity index (χ0n) is 14.8. The maximum absolute atomic E-state index is 14.0. The molecular formula is C19H21F2N3O2. The fourth-order valence-electron chi connectivity index (χ4n) is 3.22. The van der Waals surface area contributed by atoms with Crippen molar-refractivity contribution in [2.45, 2.75) is 25.7 Å². The molecule has 3 rings (SSSR count). The summed E-state index contributed by atoms with van der Waals surface area (Å²) in [6.07, 6.45) is 1.45. The van der Waals surface area contributed by atoms with Gasteiger partial charge in [0.05, 0.1) is 18.5 Å². The summed E-state index contributed by atoms with van der Waals surface area (Å²) >= 11 is 0. The number of urea groups is 1. The molecule has 1 N–H and O–H groups in total. The molecule has 0 radical (unpaired) electrons. The predicted molar refractivity (Wildman–Crippen MR) is 94.5 cm³/mol. The van der Waals surface area contributed by atoms with Crippen LogP contribution in [0.2, 0.25) is 0 Å². The van der Waals surface area contributed by atoms with E-state index in [0.29, 0.717) is 42.3 Å². The highest BCUT2D eigenvalue weighted by molar-refractivity contribution is 5.90. The number of carbonyl (C=O) groups is 1. The third-order valence-electron chi connectivity index (χ3n) is 4.62. The van der Waals surface area contributed by atoms with Gasteiger partial charge in [-0.1, -0.05) is 0 Å². The summed E-state index contributed by atoms with van der Waals surface area (Å²) < 4.78 is 32.6. The van der Waals surface area contributed by atoms with Gasteiger partial charge in [0.25, 0.3) is 0 Å². The van der Waals surface area contributed by atoms with Crippen molar-refractivity contribution < 1.29 is 18.3 Å². The quantitative estimate of drug-likeness (QED) is 0.896. The Hall–Kier alpha value is -2.70. The van der Waals surface area contributed by atoms with Crippen LogP contribution in [0.4, 0.5) is 19.3 Å². The lowest BCUT2D eigenvalue weighted by Gasteiger charge is -2.33. The molecule has 26 heavy (non-hydrogen) atoms. The first kappa shape index (κ1) is 18.1. The number of nitrogens with one attached hydrogen (secondary N) is 1. The second-order valence-corrected chi connectivity index (χ2v) is 6.37. The third kappa shape index (κ3) is 3.92. The molecule has 1 atom stereocenters. The minimum Gasteiger partial charge on any atom is -0.481 e. The molecule has 2 amide bonds. The van der Waals surface area contributed by atoms with Crippen LogP contribution in [0.15, 0.2) is 30.3 Å². The summed E-state index contributed by atoms with van der Waals surface area (Å²) in [5, 5.41) is 2.83. The van der Waals surface area contributed by atoms with Crippen LogP contribution in [-0.4, -0.2) is 36.1 Å². The molecule has 0 aliphatic carbocycles. The summed E-state index contributed by atoms with van der Waals surface area (Å²) in [4.78, 5) is 18.4. The van der Waals surface area contributed by atoms with E-state index in [9.17, 15) is 13.6 Å². The Morgan fingerprint density at radius 3 is 2.85 bits per heavy atom. The smallest absolute Gasteiger partial charge is 0.321 e. The molecule has 138 valence electrons. The van der Waals surface area contributed by atoms with Crippen LogP contribution in [-0.2, 0) is 0 Å². The number of pyridine rings is 1. The van der Waals surface area contributed by atoms with E-state index < -0.39 is 11.6 Å². The van der Waals surface area contributed by atoms with Gasteiger partial charge in [0.15, 0.2) is 0 Å². The van der Waals surface area contributed by atoms with Crippen molar-refractivity contribution in [3.8, 4) is 5.88 Å². The first-order valence-electron chi connectivity index (χ1n) is 8.50. The number of halogens is 2. The molecule has 1 aromatic heterocycles. The van der Waals surface area contributed by atoms with E-state index in [4.69, 9.17) is 4.74 Å². The van der Waals surface area contributed by atoms with Crippen LogP contribution in [0.3, 0.4) is 0 Å². The molecule has 5 nitrogen and oxygen atoms in total. The number of ether oxygens (including phenoxy) is 1. The van der Waals surface area contributed by atoms with Gasteiger partial charge in [-0.25, -0.2) is 18.6 Å². The highest BCUT2D eigenvalue weighted by Crippen LogP contribution is 2.30. The first-order chi connectivity index (χ1) is 12.5. The van der Waals surface area contributed by atoms with Gasteiger partial charge in [0.1, 0.15) is 11.6 Å². The average molecular weight is 361 g/mol. The van der Waals surface area contributed by atoms with Gasteiger partial charge in [-0.2, -0.15) is 0 Å². The SMILES string of the molecule is COc1ccc(NC(=O)N2CCC[C@H](c3cc(F)ccc3F)C2)c(C)n1. The second kappa shape index (κ2) is 7.68. The summed E-state index contributed by atoms with van der Waals surface area (Å²) in [6.45, 7) is 2.69. The molecular weight excluding hydrogens is 340 g/mol. The normalized spacial score (nSPS) is 17.1. The first-order valence-corrected chi connectivity index (χ1v) is 8.50. The van der Waals surface area contributed by atoms with E-state index in [2.05, 4.69) is 10.3 Å². The molecule has 1 aliphatic rings. The minimum atomic E-state index is -0.470. The van der Waals surface area contributed by atoms with E-state index in [1.54, 1.807) is 24.0 Å². The number of benzene rings is 1. The van der Waals surface area contributed by atoms with Crippen LogP contribution < -0.4 is 10.1 Å². The molecule has 1 aromatic carbocycles. The molecule has 0 spiro atoms. The standard InChI is InChI=1S/C19H21F2N3O2/c1-12-17(7-8-18(22-12)26-2)23-19(25)24-9-3-4-13(11-24)15-10-14(20)5-6-16(15)21/h5-8,10,13H,3-4,9,11H2,1-2H3,(H,23,25)/t13-/m0/s1. The van der Waals surface area contributed by atoms with Crippen molar-refractivity contribution in [1.29, 1.82) is 0 Å². The number of piperidine rings is 1. The molecule has 1 aliphatic heterocycles. The lowest BCUT2D eigenvalue weighted by atomic mass is 9.90. The number of anilines is 1. The van der Waals surface area contributed by atoms with Gasteiger partial charge in [-0.05, 0) is 49.6 Å². The Morgan fingerprint density at radius 1 is 1.31 bits per heavy atom. The predicted octanol–water partition coefficient (Wildman–Crippen LogP) is 4.09. The highest BCUT2D eigenvalue weighted by atomic mass is 19.1. The Balaban J connectivity index is 1.71. The second-order valence-electron chi connectivity index (χ2n) is 6.37. The van der Waals surface area contributed by atoms with Crippen LogP contribution in [0, 0.1) is 18.6 Å². The van der Waals surface area contributed by atoms with E-state index in [0.717, 1.165) is 18.6 Å². The van der Waals surface area contributed by atoms with Gasteiger partial charge < -0.3 is 15.0 Å². The van der Waals surface area contributed by atoms with Crippen molar-refractivity contribution in [3.63, 3.8) is 0 Å². The zero-order chi connectivity index (χ0) is 18.7. The van der Waals surface area contributed by atoms with Crippen molar-refractivity contribution in [3.05, 3.63) is 53.2 Å². The molecule has 7 heteroatoms. The van der Waals surface area contributed by atoms with Crippen LogP contribution in [0.25, 0.3) is 0 Å². The number of hydrogen-bond donors (Lipinski definition) is 1. The summed E-state index contributed by atoms with van der Waals surface area (Å²) in [5.74, 6) is -0.655. The summed E-state index contributed by atoms with van der Waals surface area (Å²) in [6, 6.07) is 6.58. The molecule has 0 bridgehead atoms. The number of aromatic nitrogens is 1. The third-order valence-corrected chi connectivity index (χ3v) is 4.62. The van der Waals surface area contributed by atoms with E-state index in [-0.39, 0.29) is 11.9 Å². The fourth-order valence-corrected chi connectivity index (χ4v) is 3.22. The zero-order valence-corrected chi connectivity index (χ0v) is 14.8. The summed E-state index contributed by atoms with van der Waals surface area (Å²) in [5.41, 5.74) is 1.56. The van der Waals surface area contributed by atoms with E-state index in [1.165, 1.54) is 13.2 Å². The lowest BCUT2D eigenvalue weighted by molar-refractivity contribution is 0.192. The molecule has 0 saturated carbocycles. The Labute approximate surface area is 151 Å². The topological polar surface area (TPSA) is 54.5 Å². The fraction of sp³-hybridized carbons (Fsp3) is 0.368. The van der Waals surface area contributed by atoms with Crippen molar-refractivity contribution in [2.24, 2.45) is 0 Å². The maximum atomic E-state index is 14.0. The largest absolute Gasteiger partial charge is 0.481 e. The van der Waals surface area contributed by atoms with Crippen molar-refractivity contribution in [2.75, 3.05) is 25.5 Å². The number of rotatable bonds is 3. The average Bonchev–Trinajstić information content (AvgIpc) is 2.65. The number of aryl methyl sites for hydroxylation is 1. The van der Waals surface area contributed by atoms with Crippen LogP contribution in [0.5, 0.6) is 5.88 Å². The number of nitrogens with zero attached hydrogens (tertiary/aromatic N) is 2. The number of methoxy groups -OCH3 is 1. The minimum absolute atomic E-state index is 0.222. The molecule has 0 unspecified atom stereocenters. The molecule has 2 heterocycles. The van der Waals surface area contributed by atoms with Crippen LogP contribution in [0.1, 0.15) is 30.0 Å². The van der Waals surface area contributed by atoms with Gasteiger partial charge in [0, 0.05) is 25.1 Å². The van der Waals surface area contributed by atoms with Crippen LogP contribution >= 0.6 is 0 Å². The van der Waals surface area contributed by atoms with Gasteiger partial charge in [-0.3, -0.25) is 0 Å². The van der Waals surface area contributed by atoms with E-state index in [1.807, 2.05) is 0 Å². The number of likely N-dealkylation sites (tertiary alicyclic amines) is 1. The summed E-state index contributed by atoms with van der Waals surface area (Å²) in [7, 11) is 1.53. The Kier molecular flexibility index (Phi) is 5.35. The number of amides is 2. The molecule has 1 saturated heterocycles. The maximum Gasteiger partial charge on any atom is 0.321 e. The number of carbonyl (C=O) groups excluding carboxylic acids is 1. The Bertz CT molecular complexity index is 813. The number of hydrogen-bond acceptors (Lipinski definition) is 3. The van der Waals surface area contributed by atoms with Gasteiger partial charge in [0.2, 0.25) is 5.88 Å². The monoisotopic (exact) mass is 361 g/mol. The molecule has 1 fully saturated rings. The van der Waals surface area contributed by atoms with Crippen molar-refractivity contribution in [1.82, 2.24) is 9.88 Å². The van der Waals surface area contributed by atoms with Gasteiger partial charge >= 0.3 is 6.03 Å². The lowest BCUT2D eigenvalue weighted by Crippen LogP contribution is -2.42.